The fourth-order valence-electron chi connectivity index (χ4n) is 1.76. The highest BCUT2D eigenvalue weighted by molar-refractivity contribution is 9.10. The van der Waals surface area contributed by atoms with Crippen LogP contribution in [0.3, 0.4) is 0 Å². The minimum absolute atomic E-state index is 0.135. The van der Waals surface area contributed by atoms with Gasteiger partial charge in [-0.15, -0.1) is 5.06 Å². The number of nitro benzene ring substituents is 1. The predicted molar refractivity (Wildman–Crippen MR) is 85.8 cm³/mol. The first kappa shape index (κ1) is 16.6. The average Bonchev–Trinajstić information content (AvgIpc) is 2.53. The number of nitro groups is 1. The molecule has 8 heteroatoms. The highest BCUT2D eigenvalue weighted by Gasteiger charge is 2.22. The fraction of sp³-hybridized carbons (Fsp3) is 0.0667. The zero-order valence-electron chi connectivity index (χ0n) is 11.9. The lowest BCUT2D eigenvalue weighted by molar-refractivity contribution is -0.384. The standard InChI is InChI=1S/C15H11BrN2O5/c1-10(19)23-17(13-8-4-12(16)5-9-13)15(20)11-2-6-14(7-3-11)18(21)22/h2-9H,1H3. The predicted octanol–water partition coefficient (Wildman–Crippen LogP) is 3.48. The summed E-state index contributed by atoms with van der Waals surface area (Å²) >= 11 is 3.27. The van der Waals surface area contributed by atoms with E-state index < -0.39 is 16.8 Å². The molecule has 0 heterocycles. The summed E-state index contributed by atoms with van der Waals surface area (Å²) in [5.74, 6) is -1.28. The van der Waals surface area contributed by atoms with Crippen molar-refractivity contribution in [1.29, 1.82) is 0 Å². The number of rotatable bonds is 3. The SMILES string of the molecule is CC(=O)ON(C(=O)c1ccc([N+](=O)[O-])cc1)c1ccc(Br)cc1. The van der Waals surface area contributed by atoms with E-state index in [0.717, 1.165) is 9.54 Å². The zero-order valence-corrected chi connectivity index (χ0v) is 13.5. The summed E-state index contributed by atoms with van der Waals surface area (Å²) in [6.07, 6.45) is 0. The van der Waals surface area contributed by atoms with Gasteiger partial charge in [0.2, 0.25) is 0 Å². The summed E-state index contributed by atoms with van der Waals surface area (Å²) in [6, 6.07) is 11.6. The maximum Gasteiger partial charge on any atom is 0.330 e. The summed E-state index contributed by atoms with van der Waals surface area (Å²) in [6.45, 7) is 1.18. The van der Waals surface area contributed by atoms with Crippen molar-refractivity contribution >= 4 is 39.2 Å². The van der Waals surface area contributed by atoms with Crippen molar-refractivity contribution in [2.75, 3.05) is 5.06 Å². The van der Waals surface area contributed by atoms with E-state index in [4.69, 9.17) is 4.84 Å². The Morgan fingerprint density at radius 3 is 2.13 bits per heavy atom. The van der Waals surface area contributed by atoms with Crippen LogP contribution in [-0.2, 0) is 9.63 Å². The minimum Gasteiger partial charge on any atom is -0.333 e. The van der Waals surface area contributed by atoms with Crippen LogP contribution in [0.15, 0.2) is 53.0 Å². The molecule has 0 atom stereocenters. The number of non-ortho nitro benzene ring substituents is 1. The van der Waals surface area contributed by atoms with Crippen LogP contribution >= 0.6 is 15.9 Å². The number of carbonyl (C=O) groups excluding carboxylic acids is 2. The van der Waals surface area contributed by atoms with Gasteiger partial charge >= 0.3 is 5.97 Å². The molecule has 2 rings (SSSR count). The molecule has 2 aromatic carbocycles. The molecule has 23 heavy (non-hydrogen) atoms. The summed E-state index contributed by atoms with van der Waals surface area (Å²) in [5, 5.41) is 11.5. The van der Waals surface area contributed by atoms with Crippen molar-refractivity contribution in [1.82, 2.24) is 0 Å². The first-order valence-electron chi connectivity index (χ1n) is 6.41. The van der Waals surface area contributed by atoms with E-state index in [9.17, 15) is 19.7 Å². The molecule has 0 aliphatic carbocycles. The van der Waals surface area contributed by atoms with Gasteiger partial charge in [0.1, 0.15) is 0 Å². The maximum absolute atomic E-state index is 12.5. The van der Waals surface area contributed by atoms with E-state index >= 15 is 0 Å². The molecule has 7 nitrogen and oxygen atoms in total. The molecule has 0 N–H and O–H groups in total. The second-order valence-corrected chi connectivity index (χ2v) is 5.38. The molecule has 0 aromatic heterocycles. The Bertz CT molecular complexity index is 743. The van der Waals surface area contributed by atoms with E-state index in [1.807, 2.05) is 0 Å². The van der Waals surface area contributed by atoms with Gasteiger partial charge in [-0.3, -0.25) is 14.9 Å². The zero-order chi connectivity index (χ0) is 17.0. The van der Waals surface area contributed by atoms with Crippen molar-refractivity contribution in [3.63, 3.8) is 0 Å². The third-order valence-corrected chi connectivity index (χ3v) is 3.32. The molecule has 1 amide bonds. The molecular weight excluding hydrogens is 368 g/mol. The first-order chi connectivity index (χ1) is 10.9. The Kier molecular flexibility index (Phi) is 5.07. The Labute approximate surface area is 139 Å². The van der Waals surface area contributed by atoms with Gasteiger partial charge in [-0.1, -0.05) is 15.9 Å². The van der Waals surface area contributed by atoms with Crippen molar-refractivity contribution < 1.29 is 19.3 Å². The normalized spacial score (nSPS) is 10.0. The van der Waals surface area contributed by atoms with Crippen LogP contribution < -0.4 is 5.06 Å². The third-order valence-electron chi connectivity index (χ3n) is 2.79. The number of halogens is 1. The lowest BCUT2D eigenvalue weighted by Crippen LogP contribution is -2.32. The molecule has 0 saturated heterocycles. The van der Waals surface area contributed by atoms with Gasteiger partial charge in [0, 0.05) is 29.1 Å². The molecule has 0 saturated carbocycles. The van der Waals surface area contributed by atoms with Crippen molar-refractivity contribution in [3.05, 3.63) is 68.7 Å². The summed E-state index contributed by atoms with van der Waals surface area (Å²) in [4.78, 5) is 38.8. The number of benzene rings is 2. The minimum atomic E-state index is -0.664. The number of hydrogen-bond donors (Lipinski definition) is 0. The Morgan fingerprint density at radius 1 is 1.09 bits per heavy atom. The quantitative estimate of drug-likeness (QED) is 0.602. The number of hydroxylamine groups is 1. The van der Waals surface area contributed by atoms with E-state index in [1.54, 1.807) is 24.3 Å². The van der Waals surface area contributed by atoms with Crippen molar-refractivity contribution in [2.45, 2.75) is 6.92 Å². The molecule has 0 aliphatic heterocycles. The number of carbonyl (C=O) groups is 2. The lowest BCUT2D eigenvalue weighted by Gasteiger charge is -2.20. The van der Waals surface area contributed by atoms with Crippen LogP contribution in [0.2, 0.25) is 0 Å². The number of nitrogens with zero attached hydrogens (tertiary/aromatic N) is 2. The number of hydrogen-bond acceptors (Lipinski definition) is 5. The molecule has 0 aliphatic rings. The van der Waals surface area contributed by atoms with Crippen LogP contribution in [0.5, 0.6) is 0 Å². The van der Waals surface area contributed by atoms with Gasteiger partial charge in [0.15, 0.2) is 0 Å². The van der Waals surface area contributed by atoms with Crippen LogP contribution in [0.4, 0.5) is 11.4 Å². The molecule has 0 spiro atoms. The molecule has 0 fully saturated rings. The second kappa shape index (κ2) is 7.01. The summed E-state index contributed by atoms with van der Waals surface area (Å²) in [5.41, 5.74) is 0.371. The van der Waals surface area contributed by atoms with Crippen LogP contribution in [0.25, 0.3) is 0 Å². The third kappa shape index (κ3) is 4.13. The molecular formula is C15H11BrN2O5. The monoisotopic (exact) mass is 378 g/mol. The van der Waals surface area contributed by atoms with E-state index in [-0.39, 0.29) is 11.3 Å². The molecule has 0 radical (unpaired) electrons. The van der Waals surface area contributed by atoms with Gasteiger partial charge < -0.3 is 4.84 Å². The van der Waals surface area contributed by atoms with Gasteiger partial charge in [0.05, 0.1) is 10.6 Å². The van der Waals surface area contributed by atoms with Gasteiger partial charge in [-0.25, -0.2) is 4.79 Å². The number of amides is 1. The van der Waals surface area contributed by atoms with E-state index in [0.29, 0.717) is 5.69 Å². The fourth-order valence-corrected chi connectivity index (χ4v) is 2.02. The number of anilines is 1. The van der Waals surface area contributed by atoms with Crippen LogP contribution in [0, 0.1) is 10.1 Å². The van der Waals surface area contributed by atoms with Gasteiger partial charge in [-0.2, -0.15) is 0 Å². The van der Waals surface area contributed by atoms with E-state index in [1.165, 1.54) is 31.2 Å². The summed E-state index contributed by atoms with van der Waals surface area (Å²) in [7, 11) is 0. The molecule has 0 unspecified atom stereocenters. The van der Waals surface area contributed by atoms with Crippen molar-refractivity contribution in [2.24, 2.45) is 0 Å². The van der Waals surface area contributed by atoms with Crippen molar-refractivity contribution in [3.8, 4) is 0 Å². The highest BCUT2D eigenvalue weighted by Crippen LogP contribution is 2.22. The first-order valence-corrected chi connectivity index (χ1v) is 7.21. The lowest BCUT2D eigenvalue weighted by atomic mass is 10.2. The highest BCUT2D eigenvalue weighted by atomic mass is 79.9. The molecule has 0 bridgehead atoms. The molecule has 118 valence electrons. The Balaban J connectivity index is 2.34. The topological polar surface area (TPSA) is 89.8 Å². The Hall–Kier alpha value is -2.74. The Morgan fingerprint density at radius 2 is 1.65 bits per heavy atom. The molecule has 2 aromatic rings. The van der Waals surface area contributed by atoms with E-state index in [2.05, 4.69) is 15.9 Å². The van der Waals surface area contributed by atoms with Gasteiger partial charge in [0.25, 0.3) is 11.6 Å². The van der Waals surface area contributed by atoms with Gasteiger partial charge in [-0.05, 0) is 36.4 Å². The summed E-state index contributed by atoms with van der Waals surface area (Å²) < 4.78 is 0.798. The maximum atomic E-state index is 12.5. The van der Waals surface area contributed by atoms with Crippen LogP contribution in [-0.4, -0.2) is 16.8 Å². The average molecular weight is 379 g/mol. The van der Waals surface area contributed by atoms with Crippen LogP contribution in [0.1, 0.15) is 17.3 Å². The largest absolute Gasteiger partial charge is 0.333 e. The smallest absolute Gasteiger partial charge is 0.330 e. The second-order valence-electron chi connectivity index (χ2n) is 4.46.